The predicted octanol–water partition coefficient (Wildman–Crippen LogP) is 3.27. The maximum absolute atomic E-state index is 12.2. The molecular formula is C20H25N3OS. The molecule has 2 heterocycles. The topological polar surface area (TPSA) is 45.2 Å². The van der Waals surface area contributed by atoms with Gasteiger partial charge in [0.25, 0.3) is 0 Å². The number of rotatable bonds is 7. The molecule has 1 aromatic carbocycles. The summed E-state index contributed by atoms with van der Waals surface area (Å²) in [5.74, 6) is 1.49. The number of pyridine rings is 1. The fourth-order valence-electron chi connectivity index (χ4n) is 3.21. The number of amides is 1. The van der Waals surface area contributed by atoms with Gasteiger partial charge in [-0.2, -0.15) is 0 Å². The maximum atomic E-state index is 12.2. The Labute approximate surface area is 154 Å². The highest BCUT2D eigenvalue weighted by atomic mass is 32.2. The van der Waals surface area contributed by atoms with Gasteiger partial charge in [-0.3, -0.25) is 14.7 Å². The summed E-state index contributed by atoms with van der Waals surface area (Å²) >= 11 is 1.65. The van der Waals surface area contributed by atoms with Gasteiger partial charge in [-0.05, 0) is 36.6 Å². The first-order valence-electron chi connectivity index (χ1n) is 8.77. The summed E-state index contributed by atoms with van der Waals surface area (Å²) in [6, 6.07) is 15.2. The monoisotopic (exact) mass is 355 g/mol. The van der Waals surface area contributed by atoms with Crippen LogP contribution in [0.15, 0.2) is 54.9 Å². The minimum absolute atomic E-state index is 0.137. The van der Waals surface area contributed by atoms with Gasteiger partial charge in [0, 0.05) is 43.3 Å². The Hall–Kier alpha value is -1.85. The first-order valence-corrected chi connectivity index (χ1v) is 9.93. The number of carbonyl (C=O) groups is 1. The summed E-state index contributed by atoms with van der Waals surface area (Å²) in [6.45, 7) is 4.20. The third-order valence-electron chi connectivity index (χ3n) is 4.67. The molecule has 5 heteroatoms. The molecule has 1 aliphatic rings. The van der Waals surface area contributed by atoms with Crippen molar-refractivity contribution in [2.75, 3.05) is 18.8 Å². The number of nitrogens with zero attached hydrogens (tertiary/aromatic N) is 2. The van der Waals surface area contributed by atoms with Crippen molar-refractivity contribution < 1.29 is 4.79 Å². The van der Waals surface area contributed by atoms with E-state index in [1.807, 2.05) is 18.2 Å². The second kappa shape index (κ2) is 9.02. The number of carbonyl (C=O) groups excluding carboxylic acids is 1. The number of hydrogen-bond donors (Lipinski definition) is 1. The highest BCUT2D eigenvalue weighted by molar-refractivity contribution is 7.99. The molecule has 1 fully saturated rings. The lowest BCUT2D eigenvalue weighted by molar-refractivity contribution is -0.119. The van der Waals surface area contributed by atoms with Crippen LogP contribution in [0.1, 0.15) is 30.5 Å². The highest BCUT2D eigenvalue weighted by Gasteiger charge is 2.27. The Morgan fingerprint density at radius 2 is 2.04 bits per heavy atom. The smallest absolute Gasteiger partial charge is 0.230 e. The van der Waals surface area contributed by atoms with Crippen LogP contribution in [0, 0.1) is 0 Å². The standard InChI is InChI=1S/C20H25N3OS/c1-16(18-5-3-2-4-6-18)23-12-9-19(13-23)22-20(24)15-25-14-17-7-10-21-11-8-17/h2-8,10-11,16,19H,9,12-15H2,1H3,(H,22,24)/t16-,19+/m1/s1. The second-order valence-electron chi connectivity index (χ2n) is 6.48. The third kappa shape index (κ3) is 5.31. The van der Waals surface area contributed by atoms with E-state index in [2.05, 4.69) is 46.4 Å². The lowest BCUT2D eigenvalue weighted by atomic mass is 10.1. The van der Waals surface area contributed by atoms with Gasteiger partial charge in [0.2, 0.25) is 5.91 Å². The normalized spacial score (nSPS) is 18.8. The molecule has 3 rings (SSSR count). The van der Waals surface area contributed by atoms with Crippen LogP contribution >= 0.6 is 11.8 Å². The van der Waals surface area contributed by atoms with Crippen LogP contribution in [0.5, 0.6) is 0 Å². The molecule has 4 nitrogen and oxygen atoms in total. The SMILES string of the molecule is C[C@H](c1ccccc1)N1CC[C@H](NC(=O)CSCc2ccncc2)C1. The van der Waals surface area contributed by atoms with Crippen molar-refractivity contribution in [3.63, 3.8) is 0 Å². The summed E-state index contributed by atoms with van der Waals surface area (Å²) in [5.41, 5.74) is 2.54. The fourth-order valence-corrected chi connectivity index (χ4v) is 4.01. The molecule has 0 radical (unpaired) electrons. The molecule has 0 saturated carbocycles. The van der Waals surface area contributed by atoms with E-state index in [0.717, 1.165) is 25.3 Å². The minimum atomic E-state index is 0.137. The quantitative estimate of drug-likeness (QED) is 0.828. The zero-order chi connectivity index (χ0) is 17.5. The molecule has 1 aliphatic heterocycles. The number of nitrogens with one attached hydrogen (secondary N) is 1. The number of benzene rings is 1. The highest BCUT2D eigenvalue weighted by Crippen LogP contribution is 2.24. The average molecular weight is 356 g/mol. The molecule has 1 amide bonds. The van der Waals surface area contributed by atoms with Crippen molar-refractivity contribution in [1.82, 2.24) is 15.2 Å². The lowest BCUT2D eigenvalue weighted by Gasteiger charge is -2.24. The van der Waals surface area contributed by atoms with Crippen LogP contribution < -0.4 is 5.32 Å². The van der Waals surface area contributed by atoms with Gasteiger partial charge < -0.3 is 5.32 Å². The van der Waals surface area contributed by atoms with Gasteiger partial charge in [0.1, 0.15) is 0 Å². The molecule has 0 unspecified atom stereocenters. The second-order valence-corrected chi connectivity index (χ2v) is 7.47. The number of likely N-dealkylation sites (tertiary alicyclic amines) is 1. The van der Waals surface area contributed by atoms with Crippen molar-refractivity contribution in [3.8, 4) is 0 Å². The molecule has 1 saturated heterocycles. The molecule has 132 valence electrons. The van der Waals surface area contributed by atoms with Crippen LogP contribution in [0.2, 0.25) is 0 Å². The molecule has 1 N–H and O–H groups in total. The molecule has 1 aromatic heterocycles. The summed E-state index contributed by atoms with van der Waals surface area (Å²) in [6.07, 6.45) is 4.60. The number of hydrogen-bond acceptors (Lipinski definition) is 4. The van der Waals surface area contributed by atoms with E-state index >= 15 is 0 Å². The van der Waals surface area contributed by atoms with Gasteiger partial charge in [-0.15, -0.1) is 11.8 Å². The Bertz CT molecular complexity index is 665. The summed E-state index contributed by atoms with van der Waals surface area (Å²) < 4.78 is 0. The largest absolute Gasteiger partial charge is 0.351 e. The van der Waals surface area contributed by atoms with Gasteiger partial charge >= 0.3 is 0 Å². The summed E-state index contributed by atoms with van der Waals surface area (Å²) in [4.78, 5) is 18.6. The minimum Gasteiger partial charge on any atom is -0.351 e. The van der Waals surface area contributed by atoms with Crippen LogP contribution in [0.4, 0.5) is 0 Å². The van der Waals surface area contributed by atoms with Crippen molar-refractivity contribution in [2.45, 2.75) is 31.2 Å². The fraction of sp³-hybridized carbons (Fsp3) is 0.400. The molecule has 2 atom stereocenters. The molecule has 0 bridgehead atoms. The van der Waals surface area contributed by atoms with Gasteiger partial charge in [-0.1, -0.05) is 30.3 Å². The first kappa shape index (κ1) is 18.0. The van der Waals surface area contributed by atoms with E-state index in [1.54, 1.807) is 24.2 Å². The zero-order valence-corrected chi connectivity index (χ0v) is 15.4. The van der Waals surface area contributed by atoms with Crippen molar-refractivity contribution >= 4 is 17.7 Å². The summed E-state index contributed by atoms with van der Waals surface area (Å²) in [7, 11) is 0. The van der Waals surface area contributed by atoms with Gasteiger partial charge in [0.15, 0.2) is 0 Å². The Kier molecular flexibility index (Phi) is 6.48. The zero-order valence-electron chi connectivity index (χ0n) is 14.6. The van der Waals surface area contributed by atoms with E-state index in [0.29, 0.717) is 11.8 Å². The molecule has 0 aliphatic carbocycles. The van der Waals surface area contributed by atoms with E-state index in [-0.39, 0.29) is 11.9 Å². The van der Waals surface area contributed by atoms with Gasteiger partial charge in [-0.25, -0.2) is 0 Å². The van der Waals surface area contributed by atoms with Crippen LogP contribution in [0.3, 0.4) is 0 Å². The Morgan fingerprint density at radius 1 is 1.28 bits per heavy atom. The lowest BCUT2D eigenvalue weighted by Crippen LogP contribution is -2.38. The van der Waals surface area contributed by atoms with E-state index in [1.165, 1.54) is 11.1 Å². The van der Waals surface area contributed by atoms with Crippen molar-refractivity contribution in [1.29, 1.82) is 0 Å². The molecule has 25 heavy (non-hydrogen) atoms. The van der Waals surface area contributed by atoms with Gasteiger partial charge in [0.05, 0.1) is 5.75 Å². The van der Waals surface area contributed by atoms with E-state index in [9.17, 15) is 4.79 Å². The van der Waals surface area contributed by atoms with Crippen LogP contribution in [-0.4, -0.2) is 40.7 Å². The molecular weight excluding hydrogens is 330 g/mol. The molecule has 0 spiro atoms. The number of thioether (sulfide) groups is 1. The van der Waals surface area contributed by atoms with Crippen molar-refractivity contribution in [3.05, 3.63) is 66.0 Å². The van der Waals surface area contributed by atoms with Crippen LogP contribution in [-0.2, 0) is 10.5 Å². The van der Waals surface area contributed by atoms with E-state index < -0.39 is 0 Å². The van der Waals surface area contributed by atoms with Crippen LogP contribution in [0.25, 0.3) is 0 Å². The Balaban J connectivity index is 1.39. The average Bonchev–Trinajstić information content (AvgIpc) is 3.11. The third-order valence-corrected chi connectivity index (χ3v) is 5.67. The van der Waals surface area contributed by atoms with E-state index in [4.69, 9.17) is 0 Å². The van der Waals surface area contributed by atoms with Crippen molar-refractivity contribution in [2.24, 2.45) is 0 Å². The Morgan fingerprint density at radius 3 is 2.80 bits per heavy atom. The maximum Gasteiger partial charge on any atom is 0.230 e. The first-order chi connectivity index (χ1) is 12.2. The molecule has 2 aromatic rings. The number of aromatic nitrogens is 1. The predicted molar refractivity (Wildman–Crippen MR) is 103 cm³/mol. The summed E-state index contributed by atoms with van der Waals surface area (Å²) in [5, 5.41) is 3.19.